The van der Waals surface area contributed by atoms with E-state index in [4.69, 9.17) is 9.84 Å². The Balaban J connectivity index is 2.61. The summed E-state index contributed by atoms with van der Waals surface area (Å²) in [5.41, 5.74) is 0.779. The fraction of sp³-hybridized carbons (Fsp3) is 0.462. The van der Waals surface area contributed by atoms with Crippen LogP contribution in [0.5, 0.6) is 5.75 Å². The molecule has 0 amide bonds. The fourth-order valence-electron chi connectivity index (χ4n) is 1.43. The average Bonchev–Trinajstić information content (AvgIpc) is 2.28. The van der Waals surface area contributed by atoms with Crippen LogP contribution in [-0.2, 0) is 11.2 Å². The highest BCUT2D eigenvalue weighted by Crippen LogP contribution is 2.21. The summed E-state index contributed by atoms with van der Waals surface area (Å²) in [4.78, 5) is 10.8. The van der Waals surface area contributed by atoms with Gasteiger partial charge in [0.15, 0.2) is 0 Å². The summed E-state index contributed by atoms with van der Waals surface area (Å²) in [6, 6.07) is 7.59. The molecule has 0 heterocycles. The SMILES string of the molecule is CC(C)(C=O)Cc1ccc(OCCO)cc1. The molecule has 3 heteroatoms. The number of aliphatic hydroxyl groups is 1. The number of aliphatic hydroxyl groups excluding tert-OH is 1. The van der Waals surface area contributed by atoms with Crippen LogP contribution in [0.15, 0.2) is 24.3 Å². The molecule has 88 valence electrons. The van der Waals surface area contributed by atoms with E-state index in [2.05, 4.69) is 0 Å². The van der Waals surface area contributed by atoms with Gasteiger partial charge < -0.3 is 14.6 Å². The van der Waals surface area contributed by atoms with E-state index in [1.807, 2.05) is 38.1 Å². The summed E-state index contributed by atoms with van der Waals surface area (Å²) in [6.45, 7) is 4.14. The number of hydrogen-bond acceptors (Lipinski definition) is 3. The molecule has 0 fully saturated rings. The molecule has 3 nitrogen and oxygen atoms in total. The molecule has 0 aromatic heterocycles. The molecule has 0 unspecified atom stereocenters. The van der Waals surface area contributed by atoms with E-state index in [0.29, 0.717) is 6.61 Å². The summed E-state index contributed by atoms with van der Waals surface area (Å²) in [5.74, 6) is 0.738. The highest BCUT2D eigenvalue weighted by atomic mass is 16.5. The summed E-state index contributed by atoms with van der Waals surface area (Å²) >= 11 is 0. The first kappa shape index (κ1) is 12.7. The molecule has 0 radical (unpaired) electrons. The Morgan fingerprint density at radius 3 is 2.44 bits per heavy atom. The molecule has 0 spiro atoms. The van der Waals surface area contributed by atoms with Gasteiger partial charge in [-0.05, 0) is 24.1 Å². The predicted octanol–water partition coefficient (Wildman–Crippen LogP) is 1.83. The lowest BCUT2D eigenvalue weighted by Gasteiger charge is -2.16. The van der Waals surface area contributed by atoms with Gasteiger partial charge in [-0.15, -0.1) is 0 Å². The van der Waals surface area contributed by atoms with Crippen LogP contribution in [0.3, 0.4) is 0 Å². The van der Waals surface area contributed by atoms with Gasteiger partial charge in [0.1, 0.15) is 18.6 Å². The van der Waals surface area contributed by atoms with E-state index >= 15 is 0 Å². The Bertz CT molecular complexity index is 328. The van der Waals surface area contributed by atoms with E-state index in [1.165, 1.54) is 0 Å². The Labute approximate surface area is 96.1 Å². The summed E-state index contributed by atoms with van der Waals surface area (Å²) in [6.07, 6.45) is 1.69. The van der Waals surface area contributed by atoms with Crippen LogP contribution >= 0.6 is 0 Å². The van der Waals surface area contributed by atoms with Crippen molar-refractivity contribution in [1.29, 1.82) is 0 Å². The molecule has 0 saturated carbocycles. The number of benzene rings is 1. The van der Waals surface area contributed by atoms with E-state index in [0.717, 1.165) is 24.0 Å². The van der Waals surface area contributed by atoms with Crippen molar-refractivity contribution in [1.82, 2.24) is 0 Å². The van der Waals surface area contributed by atoms with Crippen LogP contribution in [-0.4, -0.2) is 24.6 Å². The maximum Gasteiger partial charge on any atom is 0.125 e. The van der Waals surface area contributed by atoms with Crippen molar-refractivity contribution in [3.05, 3.63) is 29.8 Å². The lowest BCUT2D eigenvalue weighted by atomic mass is 9.87. The van der Waals surface area contributed by atoms with Crippen molar-refractivity contribution in [3.8, 4) is 5.75 Å². The van der Waals surface area contributed by atoms with Gasteiger partial charge >= 0.3 is 0 Å². The molecule has 0 atom stereocenters. The first-order chi connectivity index (χ1) is 7.57. The lowest BCUT2D eigenvalue weighted by Crippen LogP contribution is -2.16. The molecular formula is C13H18O3. The van der Waals surface area contributed by atoms with Gasteiger partial charge in [0.2, 0.25) is 0 Å². The minimum Gasteiger partial charge on any atom is -0.491 e. The molecule has 1 aromatic rings. The van der Waals surface area contributed by atoms with Gasteiger partial charge in [0.25, 0.3) is 0 Å². The molecule has 1 rings (SSSR count). The Kier molecular flexibility index (Phi) is 4.50. The van der Waals surface area contributed by atoms with Crippen molar-refractivity contribution in [3.63, 3.8) is 0 Å². The van der Waals surface area contributed by atoms with Crippen LogP contribution in [0, 0.1) is 5.41 Å². The first-order valence-corrected chi connectivity index (χ1v) is 5.36. The molecule has 0 aliphatic carbocycles. The van der Waals surface area contributed by atoms with Crippen molar-refractivity contribution >= 4 is 6.29 Å². The normalized spacial score (nSPS) is 11.2. The van der Waals surface area contributed by atoms with Gasteiger partial charge in [-0.1, -0.05) is 26.0 Å². The maximum atomic E-state index is 10.8. The lowest BCUT2D eigenvalue weighted by molar-refractivity contribution is -0.114. The van der Waals surface area contributed by atoms with Crippen LogP contribution in [0.25, 0.3) is 0 Å². The Morgan fingerprint density at radius 1 is 1.31 bits per heavy atom. The van der Waals surface area contributed by atoms with Gasteiger partial charge in [-0.2, -0.15) is 0 Å². The third-order valence-electron chi connectivity index (χ3n) is 2.26. The number of hydrogen-bond donors (Lipinski definition) is 1. The number of carbonyl (C=O) groups is 1. The minimum atomic E-state index is -0.326. The fourth-order valence-corrected chi connectivity index (χ4v) is 1.43. The standard InChI is InChI=1S/C13H18O3/c1-13(2,10-15)9-11-3-5-12(6-4-11)16-8-7-14/h3-6,10,14H,7-9H2,1-2H3. The molecule has 1 N–H and O–H groups in total. The second-order valence-electron chi connectivity index (χ2n) is 4.50. The van der Waals surface area contributed by atoms with Crippen molar-refractivity contribution < 1.29 is 14.6 Å². The van der Waals surface area contributed by atoms with Crippen molar-refractivity contribution in [2.45, 2.75) is 20.3 Å². The Hall–Kier alpha value is -1.35. The second kappa shape index (κ2) is 5.66. The number of aldehydes is 1. The van der Waals surface area contributed by atoms with Crippen molar-refractivity contribution in [2.24, 2.45) is 5.41 Å². The van der Waals surface area contributed by atoms with E-state index < -0.39 is 0 Å². The van der Waals surface area contributed by atoms with Gasteiger partial charge in [0.05, 0.1) is 6.61 Å². The second-order valence-corrected chi connectivity index (χ2v) is 4.50. The number of rotatable bonds is 6. The smallest absolute Gasteiger partial charge is 0.125 e. The quantitative estimate of drug-likeness (QED) is 0.747. The zero-order valence-corrected chi connectivity index (χ0v) is 9.77. The third-order valence-corrected chi connectivity index (χ3v) is 2.26. The molecular weight excluding hydrogens is 204 g/mol. The zero-order chi connectivity index (χ0) is 12.0. The zero-order valence-electron chi connectivity index (χ0n) is 9.77. The molecule has 1 aromatic carbocycles. The largest absolute Gasteiger partial charge is 0.491 e. The molecule has 16 heavy (non-hydrogen) atoms. The highest BCUT2D eigenvalue weighted by molar-refractivity contribution is 5.58. The Morgan fingerprint density at radius 2 is 1.94 bits per heavy atom. The average molecular weight is 222 g/mol. The third kappa shape index (κ3) is 4.03. The molecule has 0 aliphatic rings. The number of carbonyl (C=O) groups excluding carboxylic acids is 1. The van der Waals surface area contributed by atoms with Crippen molar-refractivity contribution in [2.75, 3.05) is 13.2 Å². The highest BCUT2D eigenvalue weighted by Gasteiger charge is 2.16. The minimum absolute atomic E-state index is 0.0138. The summed E-state index contributed by atoms with van der Waals surface area (Å²) < 4.78 is 5.25. The predicted molar refractivity (Wildman–Crippen MR) is 62.6 cm³/mol. The molecule has 0 bridgehead atoms. The van der Waals surface area contributed by atoms with E-state index in [1.54, 1.807) is 0 Å². The molecule has 0 aliphatic heterocycles. The van der Waals surface area contributed by atoms with E-state index in [9.17, 15) is 4.79 Å². The maximum absolute atomic E-state index is 10.8. The first-order valence-electron chi connectivity index (χ1n) is 5.36. The summed E-state index contributed by atoms with van der Waals surface area (Å²) in [5, 5.41) is 8.60. The molecule has 0 saturated heterocycles. The van der Waals surface area contributed by atoms with Crippen LogP contribution in [0.4, 0.5) is 0 Å². The van der Waals surface area contributed by atoms with Gasteiger partial charge in [-0.3, -0.25) is 0 Å². The topological polar surface area (TPSA) is 46.5 Å². The van der Waals surface area contributed by atoms with Crippen LogP contribution in [0.2, 0.25) is 0 Å². The monoisotopic (exact) mass is 222 g/mol. The van der Waals surface area contributed by atoms with Gasteiger partial charge in [-0.25, -0.2) is 0 Å². The number of ether oxygens (including phenoxy) is 1. The van der Waals surface area contributed by atoms with Gasteiger partial charge in [0, 0.05) is 5.41 Å². The van der Waals surface area contributed by atoms with Crippen LogP contribution < -0.4 is 4.74 Å². The van der Waals surface area contributed by atoms with Crippen LogP contribution in [0.1, 0.15) is 19.4 Å². The van der Waals surface area contributed by atoms with E-state index in [-0.39, 0.29) is 12.0 Å². The summed E-state index contributed by atoms with van der Waals surface area (Å²) in [7, 11) is 0.